The number of nitrogens with one attached hydrogen (secondary N) is 2. The van der Waals surface area contributed by atoms with Crippen molar-refractivity contribution in [2.45, 2.75) is 39.2 Å². The second-order valence-corrected chi connectivity index (χ2v) is 8.64. The van der Waals surface area contributed by atoms with Crippen LogP contribution in [0.3, 0.4) is 0 Å². The fourth-order valence-electron chi connectivity index (χ4n) is 3.97. The SMILES string of the molecule is CC1=C(C(=O)OC(C)(C)C)C(c2ccccc2[N+](=O)[O-])c2c(n[nH]c2-c2ccccc2)N1. The van der Waals surface area contributed by atoms with E-state index in [9.17, 15) is 14.9 Å². The van der Waals surface area contributed by atoms with E-state index in [1.54, 1.807) is 45.9 Å². The number of carbonyl (C=O) groups excluding carboxylic acids is 1. The fraction of sp³-hybridized carbons (Fsp3) is 0.250. The second kappa shape index (κ2) is 7.96. The zero-order valence-electron chi connectivity index (χ0n) is 18.3. The third-order valence-electron chi connectivity index (χ3n) is 5.22. The normalized spacial score (nSPS) is 15.7. The summed E-state index contributed by atoms with van der Waals surface area (Å²) >= 11 is 0. The Labute approximate surface area is 185 Å². The van der Waals surface area contributed by atoms with Crippen LogP contribution in [0.4, 0.5) is 11.5 Å². The van der Waals surface area contributed by atoms with Gasteiger partial charge in [0, 0.05) is 22.9 Å². The minimum Gasteiger partial charge on any atom is -0.457 e. The minimum absolute atomic E-state index is 0.0700. The Morgan fingerprint density at radius 1 is 1.09 bits per heavy atom. The van der Waals surface area contributed by atoms with E-state index in [-0.39, 0.29) is 5.69 Å². The number of fused-ring (bicyclic) bond motifs is 1. The first-order valence-corrected chi connectivity index (χ1v) is 10.3. The van der Waals surface area contributed by atoms with Gasteiger partial charge in [-0.3, -0.25) is 15.2 Å². The zero-order valence-corrected chi connectivity index (χ0v) is 18.3. The number of hydrogen-bond acceptors (Lipinski definition) is 6. The first-order chi connectivity index (χ1) is 15.2. The molecule has 1 aliphatic heterocycles. The molecule has 1 unspecified atom stereocenters. The lowest BCUT2D eigenvalue weighted by molar-refractivity contribution is -0.385. The molecule has 8 nitrogen and oxygen atoms in total. The quantitative estimate of drug-likeness (QED) is 0.335. The van der Waals surface area contributed by atoms with Crippen LogP contribution in [0.5, 0.6) is 0 Å². The van der Waals surface area contributed by atoms with Gasteiger partial charge in [0.05, 0.1) is 22.1 Å². The van der Waals surface area contributed by atoms with Crippen molar-refractivity contribution in [3.63, 3.8) is 0 Å². The van der Waals surface area contributed by atoms with Crippen molar-refractivity contribution in [3.8, 4) is 11.3 Å². The van der Waals surface area contributed by atoms with Crippen LogP contribution >= 0.6 is 0 Å². The number of aromatic nitrogens is 2. The van der Waals surface area contributed by atoms with Crippen molar-refractivity contribution in [2.24, 2.45) is 0 Å². The number of anilines is 1. The van der Waals surface area contributed by atoms with Crippen molar-refractivity contribution in [1.29, 1.82) is 0 Å². The summed E-state index contributed by atoms with van der Waals surface area (Å²) in [6.45, 7) is 7.11. The molecule has 0 amide bonds. The number of esters is 1. The van der Waals surface area contributed by atoms with E-state index in [1.165, 1.54) is 6.07 Å². The molecule has 1 atom stereocenters. The van der Waals surface area contributed by atoms with Crippen LogP contribution in [-0.4, -0.2) is 26.7 Å². The summed E-state index contributed by atoms with van der Waals surface area (Å²) in [6.07, 6.45) is 0. The smallest absolute Gasteiger partial charge is 0.337 e. The van der Waals surface area contributed by atoms with Crippen LogP contribution in [0, 0.1) is 10.1 Å². The molecule has 2 heterocycles. The molecule has 8 heteroatoms. The second-order valence-electron chi connectivity index (χ2n) is 8.64. The molecule has 0 spiro atoms. The molecule has 164 valence electrons. The van der Waals surface area contributed by atoms with Crippen LogP contribution in [-0.2, 0) is 9.53 Å². The van der Waals surface area contributed by atoms with Crippen molar-refractivity contribution < 1.29 is 14.5 Å². The highest BCUT2D eigenvalue weighted by molar-refractivity contribution is 5.96. The van der Waals surface area contributed by atoms with Crippen LogP contribution in [0.15, 0.2) is 65.9 Å². The third-order valence-corrected chi connectivity index (χ3v) is 5.22. The molecule has 0 bridgehead atoms. The molecular weight excluding hydrogens is 408 g/mol. The van der Waals surface area contributed by atoms with E-state index in [2.05, 4.69) is 15.5 Å². The molecule has 2 N–H and O–H groups in total. The Balaban J connectivity index is 1.98. The lowest BCUT2D eigenvalue weighted by Gasteiger charge is -2.30. The van der Waals surface area contributed by atoms with Gasteiger partial charge in [-0.2, -0.15) is 5.10 Å². The lowest BCUT2D eigenvalue weighted by atomic mass is 9.80. The molecule has 0 aliphatic carbocycles. The summed E-state index contributed by atoms with van der Waals surface area (Å²) in [6, 6.07) is 16.0. The summed E-state index contributed by atoms with van der Waals surface area (Å²) in [5.41, 5.74) is 2.67. The minimum atomic E-state index is -0.739. The van der Waals surface area contributed by atoms with Gasteiger partial charge in [-0.25, -0.2) is 4.79 Å². The Bertz CT molecular complexity index is 1220. The van der Waals surface area contributed by atoms with Gasteiger partial charge in [0.15, 0.2) is 5.82 Å². The lowest BCUT2D eigenvalue weighted by Crippen LogP contribution is -2.30. The number of nitro groups is 1. The highest BCUT2D eigenvalue weighted by Gasteiger charge is 2.40. The van der Waals surface area contributed by atoms with Crippen molar-refractivity contribution >= 4 is 17.5 Å². The van der Waals surface area contributed by atoms with Gasteiger partial charge < -0.3 is 10.1 Å². The number of nitrogens with zero attached hydrogens (tertiary/aromatic N) is 2. The first kappa shape index (κ1) is 21.3. The predicted molar refractivity (Wildman–Crippen MR) is 121 cm³/mol. The molecule has 4 rings (SSSR count). The van der Waals surface area contributed by atoms with Crippen molar-refractivity contribution in [1.82, 2.24) is 10.2 Å². The average molecular weight is 432 g/mol. The Morgan fingerprint density at radius 3 is 2.41 bits per heavy atom. The summed E-state index contributed by atoms with van der Waals surface area (Å²) < 4.78 is 5.70. The monoisotopic (exact) mass is 432 g/mol. The molecule has 0 saturated heterocycles. The predicted octanol–water partition coefficient (Wildman–Crippen LogP) is 5.16. The molecule has 0 fully saturated rings. The van der Waals surface area contributed by atoms with E-state index in [1.807, 2.05) is 30.3 Å². The number of hydrogen-bond donors (Lipinski definition) is 2. The van der Waals surface area contributed by atoms with Gasteiger partial charge in [0.2, 0.25) is 0 Å². The standard InChI is InChI=1S/C24H24N4O4/c1-14-18(23(29)32-24(2,3)4)19(16-12-8-9-13-17(16)28(30)31)20-21(26-27-22(20)25-14)15-10-6-5-7-11-15/h5-13,19H,1-4H3,(H2,25,26,27). The van der Waals surface area contributed by atoms with E-state index in [4.69, 9.17) is 4.74 Å². The summed E-state index contributed by atoms with van der Waals surface area (Å²) in [4.78, 5) is 24.8. The van der Waals surface area contributed by atoms with E-state index < -0.39 is 22.4 Å². The Morgan fingerprint density at radius 2 is 1.75 bits per heavy atom. The highest BCUT2D eigenvalue weighted by atomic mass is 16.6. The van der Waals surface area contributed by atoms with Crippen LogP contribution in [0.1, 0.15) is 44.7 Å². The molecule has 32 heavy (non-hydrogen) atoms. The van der Waals surface area contributed by atoms with E-state index in [0.717, 1.165) is 5.56 Å². The molecular formula is C24H24N4O4. The number of aromatic amines is 1. The topological polar surface area (TPSA) is 110 Å². The Hall–Kier alpha value is -3.94. The van der Waals surface area contributed by atoms with Gasteiger partial charge in [-0.1, -0.05) is 48.5 Å². The van der Waals surface area contributed by atoms with Gasteiger partial charge in [0.25, 0.3) is 5.69 Å². The van der Waals surface area contributed by atoms with Crippen molar-refractivity contribution in [3.05, 3.63) is 87.1 Å². The number of para-hydroxylation sites is 1. The molecule has 1 aromatic heterocycles. The fourth-order valence-corrected chi connectivity index (χ4v) is 3.97. The number of carbonyl (C=O) groups is 1. The number of allylic oxidation sites excluding steroid dienone is 1. The van der Waals surface area contributed by atoms with Gasteiger partial charge in [-0.05, 0) is 33.3 Å². The maximum Gasteiger partial charge on any atom is 0.337 e. The van der Waals surface area contributed by atoms with Gasteiger partial charge >= 0.3 is 5.97 Å². The molecule has 3 aromatic rings. The van der Waals surface area contributed by atoms with Crippen LogP contribution in [0.25, 0.3) is 11.3 Å². The number of rotatable bonds is 4. The highest BCUT2D eigenvalue weighted by Crippen LogP contribution is 2.48. The molecule has 0 radical (unpaired) electrons. The van der Waals surface area contributed by atoms with Crippen LogP contribution in [0.2, 0.25) is 0 Å². The van der Waals surface area contributed by atoms with Crippen molar-refractivity contribution in [2.75, 3.05) is 5.32 Å². The summed E-state index contributed by atoms with van der Waals surface area (Å²) in [5.74, 6) is -0.745. The summed E-state index contributed by atoms with van der Waals surface area (Å²) in [7, 11) is 0. The molecule has 0 saturated carbocycles. The third kappa shape index (κ3) is 3.87. The van der Waals surface area contributed by atoms with Crippen LogP contribution < -0.4 is 5.32 Å². The Kier molecular flexibility index (Phi) is 5.30. The largest absolute Gasteiger partial charge is 0.457 e. The maximum absolute atomic E-state index is 13.3. The summed E-state index contributed by atoms with van der Waals surface area (Å²) in [5, 5.41) is 22.5. The number of ether oxygens (including phenoxy) is 1. The number of nitro benzene ring substituents is 1. The van der Waals surface area contributed by atoms with Gasteiger partial charge in [-0.15, -0.1) is 0 Å². The van der Waals surface area contributed by atoms with E-state index in [0.29, 0.717) is 33.9 Å². The molecule has 2 aromatic carbocycles. The number of benzene rings is 2. The first-order valence-electron chi connectivity index (χ1n) is 10.3. The molecule has 1 aliphatic rings. The average Bonchev–Trinajstić information content (AvgIpc) is 3.15. The van der Waals surface area contributed by atoms with Gasteiger partial charge in [0.1, 0.15) is 5.60 Å². The van der Waals surface area contributed by atoms with E-state index >= 15 is 0 Å². The zero-order chi connectivity index (χ0) is 23.0. The maximum atomic E-state index is 13.3. The number of H-pyrrole nitrogens is 1.